The average Bonchev–Trinajstić information content (AvgIpc) is 2.38. The third-order valence-electron chi connectivity index (χ3n) is 2.68. The number of benzene rings is 1. The van der Waals surface area contributed by atoms with Crippen LogP contribution in [0.15, 0.2) is 41.8 Å². The second kappa shape index (κ2) is 5.99. The van der Waals surface area contributed by atoms with E-state index >= 15 is 0 Å². The van der Waals surface area contributed by atoms with Gasteiger partial charge in [0.05, 0.1) is 10.9 Å². The van der Waals surface area contributed by atoms with Crippen molar-refractivity contribution < 1.29 is 13.2 Å². The summed E-state index contributed by atoms with van der Waals surface area (Å²) < 4.78 is 25.2. The van der Waals surface area contributed by atoms with Crippen molar-refractivity contribution in [3.05, 3.63) is 42.5 Å². The number of rotatable bonds is 5. The average molecular weight is 282 g/mol. The number of amides is 1. The van der Waals surface area contributed by atoms with Crippen LogP contribution in [0.1, 0.15) is 18.5 Å². The summed E-state index contributed by atoms with van der Waals surface area (Å²) in [6.45, 7) is 5.15. The van der Waals surface area contributed by atoms with E-state index in [4.69, 9.17) is 0 Å². The lowest BCUT2D eigenvalue weighted by atomic mass is 10.1. The summed E-state index contributed by atoms with van der Waals surface area (Å²) in [4.78, 5) is 11.4. The molecule has 1 aromatic carbocycles. The van der Waals surface area contributed by atoms with Gasteiger partial charge in [0.1, 0.15) is 0 Å². The zero-order chi connectivity index (χ0) is 14.6. The van der Waals surface area contributed by atoms with Gasteiger partial charge in [-0.3, -0.25) is 4.79 Å². The molecule has 0 radical (unpaired) electrons. The Morgan fingerprint density at radius 3 is 2.58 bits per heavy atom. The fourth-order valence-electron chi connectivity index (χ4n) is 1.51. The van der Waals surface area contributed by atoms with Gasteiger partial charge in [-0.2, -0.15) is 0 Å². The van der Waals surface area contributed by atoms with Gasteiger partial charge >= 0.3 is 0 Å². The van der Waals surface area contributed by atoms with Crippen LogP contribution in [0.25, 0.3) is 0 Å². The van der Waals surface area contributed by atoms with Gasteiger partial charge < -0.3 is 5.32 Å². The minimum atomic E-state index is -3.47. The fraction of sp³-hybridized carbons (Fsp3) is 0.308. The second-order valence-corrected chi connectivity index (χ2v) is 6.45. The van der Waals surface area contributed by atoms with Crippen LogP contribution >= 0.6 is 0 Å². The molecule has 0 heterocycles. The maximum Gasteiger partial charge on any atom is 0.243 e. The number of nitrogens with one attached hydrogen (secondary N) is 1. The lowest BCUT2D eigenvalue weighted by Gasteiger charge is -2.16. The molecule has 1 atom stereocenters. The van der Waals surface area contributed by atoms with E-state index in [1.54, 1.807) is 25.1 Å². The van der Waals surface area contributed by atoms with Crippen LogP contribution in [0.3, 0.4) is 0 Å². The highest BCUT2D eigenvalue weighted by Gasteiger charge is 2.18. The fourth-order valence-corrected chi connectivity index (χ4v) is 2.47. The number of hydrogen-bond donors (Lipinski definition) is 1. The lowest BCUT2D eigenvalue weighted by molar-refractivity contribution is -0.117. The summed E-state index contributed by atoms with van der Waals surface area (Å²) in [5, 5.41) is 2.69. The largest absolute Gasteiger partial charge is 0.346 e. The third-order valence-corrected chi connectivity index (χ3v) is 4.49. The van der Waals surface area contributed by atoms with Crippen molar-refractivity contribution in [2.45, 2.75) is 17.9 Å². The van der Waals surface area contributed by atoms with Crippen molar-refractivity contribution in [1.82, 2.24) is 9.62 Å². The maximum absolute atomic E-state index is 12.0. The van der Waals surface area contributed by atoms with Gasteiger partial charge in [0, 0.05) is 14.1 Å². The Morgan fingerprint density at radius 2 is 2.05 bits per heavy atom. The second-order valence-electron chi connectivity index (χ2n) is 4.29. The Morgan fingerprint density at radius 1 is 1.42 bits per heavy atom. The molecule has 0 aromatic heterocycles. The van der Waals surface area contributed by atoms with Gasteiger partial charge in [-0.1, -0.05) is 18.7 Å². The van der Waals surface area contributed by atoms with E-state index in [0.717, 1.165) is 9.87 Å². The number of nitrogens with zero attached hydrogens (tertiary/aromatic N) is 1. The zero-order valence-corrected chi connectivity index (χ0v) is 12.1. The summed E-state index contributed by atoms with van der Waals surface area (Å²) in [6.07, 6.45) is 1.18. The summed E-state index contributed by atoms with van der Waals surface area (Å²) in [6, 6.07) is 6.22. The first kappa shape index (κ1) is 15.4. The Bertz CT molecular complexity index is 579. The van der Waals surface area contributed by atoms with Crippen LogP contribution in [0.2, 0.25) is 0 Å². The Labute approximate surface area is 114 Å². The van der Waals surface area contributed by atoms with E-state index in [1.807, 2.05) is 0 Å². The molecular weight excluding hydrogens is 264 g/mol. The number of carbonyl (C=O) groups is 1. The van der Waals surface area contributed by atoms with Gasteiger partial charge in [0.25, 0.3) is 0 Å². The minimum Gasteiger partial charge on any atom is -0.346 e. The van der Waals surface area contributed by atoms with Crippen LogP contribution < -0.4 is 5.32 Å². The van der Waals surface area contributed by atoms with Crippen LogP contribution in [0.4, 0.5) is 0 Å². The quantitative estimate of drug-likeness (QED) is 0.828. The topological polar surface area (TPSA) is 66.5 Å². The molecule has 0 saturated heterocycles. The monoisotopic (exact) mass is 282 g/mol. The Hall–Kier alpha value is -1.66. The molecule has 1 rings (SSSR count). The van der Waals surface area contributed by atoms with Gasteiger partial charge in [0.15, 0.2) is 0 Å². The zero-order valence-electron chi connectivity index (χ0n) is 11.3. The first-order valence-corrected chi connectivity index (χ1v) is 7.18. The van der Waals surface area contributed by atoms with E-state index in [2.05, 4.69) is 11.9 Å². The predicted octanol–water partition coefficient (Wildman–Crippen LogP) is 1.30. The van der Waals surface area contributed by atoms with Crippen molar-refractivity contribution in [1.29, 1.82) is 0 Å². The van der Waals surface area contributed by atoms with Gasteiger partial charge in [-0.15, -0.1) is 0 Å². The molecule has 0 saturated carbocycles. The first-order chi connectivity index (χ1) is 8.78. The van der Waals surface area contributed by atoms with E-state index in [0.29, 0.717) is 0 Å². The van der Waals surface area contributed by atoms with Crippen molar-refractivity contribution in [2.24, 2.45) is 0 Å². The van der Waals surface area contributed by atoms with Gasteiger partial charge in [-0.05, 0) is 30.7 Å². The molecule has 1 amide bonds. The van der Waals surface area contributed by atoms with Crippen LogP contribution in [0, 0.1) is 0 Å². The number of sulfonamides is 1. The van der Waals surface area contributed by atoms with Crippen molar-refractivity contribution in [3.8, 4) is 0 Å². The van der Waals surface area contributed by atoms with E-state index in [1.165, 1.54) is 26.2 Å². The van der Waals surface area contributed by atoms with Crippen LogP contribution in [-0.4, -0.2) is 32.7 Å². The molecular formula is C13H18N2O3S. The molecule has 1 N–H and O–H groups in total. The van der Waals surface area contributed by atoms with E-state index in [9.17, 15) is 13.2 Å². The van der Waals surface area contributed by atoms with Gasteiger partial charge in [-0.25, -0.2) is 12.7 Å². The summed E-state index contributed by atoms with van der Waals surface area (Å²) in [7, 11) is -0.512. The van der Waals surface area contributed by atoms with Crippen LogP contribution in [-0.2, 0) is 14.8 Å². The SMILES string of the molecule is C=CC(=O)NC(C)c1cccc(S(=O)(=O)N(C)C)c1. The summed E-state index contributed by atoms with van der Waals surface area (Å²) in [5.41, 5.74) is 0.720. The molecule has 1 unspecified atom stereocenters. The molecule has 0 aliphatic carbocycles. The summed E-state index contributed by atoms with van der Waals surface area (Å²) in [5.74, 6) is -0.298. The normalized spacial score (nSPS) is 13.1. The molecule has 0 spiro atoms. The predicted molar refractivity (Wildman–Crippen MR) is 74.1 cm³/mol. The molecule has 6 heteroatoms. The molecule has 104 valence electrons. The lowest BCUT2D eigenvalue weighted by Crippen LogP contribution is -2.25. The highest BCUT2D eigenvalue weighted by Crippen LogP contribution is 2.19. The Kier molecular flexibility index (Phi) is 4.85. The molecule has 5 nitrogen and oxygen atoms in total. The number of hydrogen-bond acceptors (Lipinski definition) is 3. The van der Waals surface area contributed by atoms with Crippen molar-refractivity contribution >= 4 is 15.9 Å². The molecule has 19 heavy (non-hydrogen) atoms. The Balaban J connectivity index is 3.07. The van der Waals surface area contributed by atoms with Gasteiger partial charge in [0.2, 0.25) is 15.9 Å². The standard InChI is InChI=1S/C13H18N2O3S/c1-5-13(16)14-10(2)11-7-6-8-12(9-11)19(17,18)15(3)4/h5-10H,1H2,2-4H3,(H,14,16). The van der Waals surface area contributed by atoms with E-state index < -0.39 is 10.0 Å². The third kappa shape index (κ3) is 3.65. The van der Waals surface area contributed by atoms with E-state index in [-0.39, 0.29) is 16.8 Å². The molecule has 0 bridgehead atoms. The van der Waals surface area contributed by atoms with Crippen LogP contribution in [0.5, 0.6) is 0 Å². The van der Waals surface area contributed by atoms with Crippen molar-refractivity contribution in [2.75, 3.05) is 14.1 Å². The molecule has 0 aliphatic rings. The minimum absolute atomic E-state index is 0.203. The molecule has 0 fully saturated rings. The highest BCUT2D eigenvalue weighted by molar-refractivity contribution is 7.89. The number of carbonyl (C=O) groups excluding carboxylic acids is 1. The summed E-state index contributed by atoms with van der Waals surface area (Å²) >= 11 is 0. The molecule has 0 aliphatic heterocycles. The van der Waals surface area contributed by atoms with Crippen molar-refractivity contribution in [3.63, 3.8) is 0 Å². The molecule has 1 aromatic rings. The maximum atomic E-state index is 12.0. The smallest absolute Gasteiger partial charge is 0.243 e. The first-order valence-electron chi connectivity index (χ1n) is 5.74. The highest BCUT2D eigenvalue weighted by atomic mass is 32.2.